The number of imidazole rings is 1. The topological polar surface area (TPSA) is 66.8 Å². The van der Waals surface area contributed by atoms with E-state index in [1.165, 1.54) is 5.56 Å². The van der Waals surface area contributed by atoms with Crippen LogP contribution in [0.15, 0.2) is 48.8 Å². The highest BCUT2D eigenvalue weighted by Gasteiger charge is 2.25. The number of aromatic amines is 1. The standard InChI is InChI=1S/C21H21N5O/c27-14-19-24-18-12-23-21-17(6-9-22-21)20(18)26(19)16-7-10-25(11-8-16)13-15-4-2-1-3-5-15/h1-6,9,12,14,16H,7-8,10-11,13H2,(H,22,23). The number of pyridine rings is 1. The summed E-state index contributed by atoms with van der Waals surface area (Å²) < 4.78 is 2.14. The molecule has 1 saturated heterocycles. The number of fused-ring (bicyclic) bond motifs is 3. The summed E-state index contributed by atoms with van der Waals surface area (Å²) in [6.45, 7) is 3.00. The predicted molar refractivity (Wildman–Crippen MR) is 105 cm³/mol. The molecule has 0 atom stereocenters. The van der Waals surface area contributed by atoms with Crippen LogP contribution in [-0.2, 0) is 6.54 Å². The SMILES string of the molecule is O=Cc1nc2cnc3[nH]ccc3c2n1C1CCN(Cc2ccccc2)CC1. The summed E-state index contributed by atoms with van der Waals surface area (Å²) in [5, 5.41) is 1.03. The average Bonchev–Trinajstić information content (AvgIpc) is 3.33. The van der Waals surface area contributed by atoms with Crippen LogP contribution >= 0.6 is 0 Å². The van der Waals surface area contributed by atoms with Crippen LogP contribution in [0.1, 0.15) is 35.1 Å². The summed E-state index contributed by atoms with van der Waals surface area (Å²) in [5.74, 6) is 0.502. The third-order valence-corrected chi connectivity index (χ3v) is 5.54. The molecule has 1 N–H and O–H groups in total. The Labute approximate surface area is 156 Å². The first-order valence-electron chi connectivity index (χ1n) is 9.39. The lowest BCUT2D eigenvalue weighted by Crippen LogP contribution is -2.34. The van der Waals surface area contributed by atoms with E-state index in [1.807, 2.05) is 12.3 Å². The normalized spacial score (nSPS) is 16.3. The van der Waals surface area contributed by atoms with Crippen LogP contribution in [0.4, 0.5) is 0 Å². The number of nitrogens with zero attached hydrogens (tertiary/aromatic N) is 4. The van der Waals surface area contributed by atoms with Crippen LogP contribution in [0.2, 0.25) is 0 Å². The van der Waals surface area contributed by atoms with Crippen molar-refractivity contribution >= 4 is 28.4 Å². The van der Waals surface area contributed by atoms with E-state index < -0.39 is 0 Å². The molecule has 1 fully saturated rings. The molecule has 0 aliphatic carbocycles. The van der Waals surface area contributed by atoms with Gasteiger partial charge in [0.05, 0.1) is 11.7 Å². The molecule has 136 valence electrons. The molecule has 6 heteroatoms. The van der Waals surface area contributed by atoms with Gasteiger partial charge in [0, 0.05) is 37.3 Å². The average molecular weight is 359 g/mol. The van der Waals surface area contributed by atoms with Crippen molar-refractivity contribution in [2.24, 2.45) is 0 Å². The van der Waals surface area contributed by atoms with Gasteiger partial charge in [-0.2, -0.15) is 0 Å². The van der Waals surface area contributed by atoms with Crippen LogP contribution in [0.25, 0.3) is 22.1 Å². The molecular weight excluding hydrogens is 338 g/mol. The second kappa shape index (κ2) is 6.63. The molecule has 5 rings (SSSR count). The van der Waals surface area contributed by atoms with Crippen LogP contribution in [-0.4, -0.2) is 43.8 Å². The smallest absolute Gasteiger partial charge is 0.185 e. The fraction of sp³-hybridized carbons (Fsp3) is 0.286. The van der Waals surface area contributed by atoms with Crippen LogP contribution in [0.5, 0.6) is 0 Å². The number of hydrogen-bond acceptors (Lipinski definition) is 4. The van der Waals surface area contributed by atoms with E-state index in [2.05, 4.69) is 54.8 Å². The molecule has 0 unspecified atom stereocenters. The Morgan fingerprint density at radius 3 is 2.74 bits per heavy atom. The minimum atomic E-state index is 0.280. The van der Waals surface area contributed by atoms with Gasteiger partial charge in [-0.3, -0.25) is 9.69 Å². The maximum absolute atomic E-state index is 11.7. The summed E-state index contributed by atoms with van der Waals surface area (Å²) in [6.07, 6.45) is 6.52. The largest absolute Gasteiger partial charge is 0.346 e. The summed E-state index contributed by atoms with van der Waals surface area (Å²) in [4.78, 5) is 26.3. The van der Waals surface area contributed by atoms with E-state index in [0.29, 0.717) is 5.82 Å². The van der Waals surface area contributed by atoms with E-state index in [0.717, 1.165) is 60.8 Å². The number of nitrogens with one attached hydrogen (secondary N) is 1. The number of H-pyrrole nitrogens is 1. The molecule has 0 bridgehead atoms. The Bertz CT molecular complexity index is 1090. The van der Waals surface area contributed by atoms with Crippen molar-refractivity contribution in [3.63, 3.8) is 0 Å². The van der Waals surface area contributed by atoms with Crippen molar-refractivity contribution < 1.29 is 4.79 Å². The molecule has 6 nitrogen and oxygen atoms in total. The van der Waals surface area contributed by atoms with Crippen molar-refractivity contribution in [3.05, 3.63) is 60.2 Å². The highest BCUT2D eigenvalue weighted by Crippen LogP contribution is 2.32. The second-order valence-electron chi connectivity index (χ2n) is 7.18. The van der Waals surface area contributed by atoms with E-state index in [-0.39, 0.29) is 6.04 Å². The van der Waals surface area contributed by atoms with Gasteiger partial charge >= 0.3 is 0 Å². The number of benzene rings is 1. The Balaban J connectivity index is 1.44. The molecule has 0 amide bonds. The molecule has 4 aromatic rings. The lowest BCUT2D eigenvalue weighted by atomic mass is 10.0. The van der Waals surface area contributed by atoms with Gasteiger partial charge in [-0.25, -0.2) is 9.97 Å². The molecule has 0 spiro atoms. The predicted octanol–water partition coefficient (Wildman–Crippen LogP) is 3.56. The number of hydrogen-bond donors (Lipinski definition) is 1. The molecule has 4 heterocycles. The first kappa shape index (κ1) is 16.2. The van der Waals surface area contributed by atoms with Crippen molar-refractivity contribution in [1.29, 1.82) is 0 Å². The van der Waals surface area contributed by atoms with Gasteiger partial charge in [0.2, 0.25) is 0 Å². The summed E-state index contributed by atoms with van der Waals surface area (Å²) >= 11 is 0. The number of likely N-dealkylation sites (tertiary alicyclic amines) is 1. The number of rotatable bonds is 4. The fourth-order valence-electron chi connectivity index (χ4n) is 4.24. The number of carbonyl (C=O) groups excluding carboxylic acids is 1. The van der Waals surface area contributed by atoms with Crippen molar-refractivity contribution in [2.45, 2.75) is 25.4 Å². The Hall–Kier alpha value is -2.99. The molecule has 1 aliphatic heterocycles. The van der Waals surface area contributed by atoms with E-state index in [4.69, 9.17) is 0 Å². The highest BCUT2D eigenvalue weighted by atomic mass is 16.1. The quantitative estimate of drug-likeness (QED) is 0.566. The Kier molecular flexibility index (Phi) is 3.98. The molecule has 0 radical (unpaired) electrons. The first-order valence-corrected chi connectivity index (χ1v) is 9.39. The lowest BCUT2D eigenvalue weighted by Gasteiger charge is -2.33. The second-order valence-corrected chi connectivity index (χ2v) is 7.18. The van der Waals surface area contributed by atoms with E-state index in [9.17, 15) is 4.79 Å². The number of piperidine rings is 1. The third kappa shape index (κ3) is 2.82. The van der Waals surface area contributed by atoms with Crippen LogP contribution in [0.3, 0.4) is 0 Å². The number of aldehydes is 1. The van der Waals surface area contributed by atoms with Crippen molar-refractivity contribution in [2.75, 3.05) is 13.1 Å². The number of aromatic nitrogens is 4. The van der Waals surface area contributed by atoms with Gasteiger partial charge in [-0.05, 0) is 24.5 Å². The van der Waals surface area contributed by atoms with Gasteiger partial charge in [0.25, 0.3) is 0 Å². The minimum Gasteiger partial charge on any atom is -0.346 e. The maximum atomic E-state index is 11.7. The van der Waals surface area contributed by atoms with E-state index >= 15 is 0 Å². The van der Waals surface area contributed by atoms with E-state index in [1.54, 1.807) is 6.20 Å². The lowest BCUT2D eigenvalue weighted by molar-refractivity contribution is 0.110. The molecule has 0 saturated carbocycles. The summed E-state index contributed by atoms with van der Waals surface area (Å²) in [7, 11) is 0. The van der Waals surface area contributed by atoms with Crippen LogP contribution in [0, 0.1) is 0 Å². The molecule has 27 heavy (non-hydrogen) atoms. The monoisotopic (exact) mass is 359 g/mol. The van der Waals surface area contributed by atoms with Crippen molar-refractivity contribution in [3.8, 4) is 0 Å². The minimum absolute atomic E-state index is 0.280. The summed E-state index contributed by atoms with van der Waals surface area (Å²) in [5.41, 5.74) is 3.99. The Morgan fingerprint density at radius 2 is 1.96 bits per heavy atom. The molecule has 3 aromatic heterocycles. The van der Waals surface area contributed by atoms with Gasteiger partial charge in [-0.1, -0.05) is 30.3 Å². The molecule has 1 aromatic carbocycles. The highest BCUT2D eigenvalue weighted by molar-refractivity contribution is 6.02. The zero-order chi connectivity index (χ0) is 18.2. The zero-order valence-corrected chi connectivity index (χ0v) is 15.0. The van der Waals surface area contributed by atoms with Crippen molar-refractivity contribution in [1.82, 2.24) is 24.4 Å². The van der Waals surface area contributed by atoms with Gasteiger partial charge in [0.15, 0.2) is 12.1 Å². The summed E-state index contributed by atoms with van der Waals surface area (Å²) in [6, 6.07) is 12.9. The fourth-order valence-corrected chi connectivity index (χ4v) is 4.24. The third-order valence-electron chi connectivity index (χ3n) is 5.54. The zero-order valence-electron chi connectivity index (χ0n) is 15.0. The molecular formula is C21H21N5O. The molecule has 1 aliphatic rings. The van der Waals surface area contributed by atoms with Gasteiger partial charge in [-0.15, -0.1) is 0 Å². The Morgan fingerprint density at radius 1 is 1.15 bits per heavy atom. The maximum Gasteiger partial charge on any atom is 0.185 e. The van der Waals surface area contributed by atoms with Gasteiger partial charge < -0.3 is 9.55 Å². The van der Waals surface area contributed by atoms with Crippen LogP contribution < -0.4 is 0 Å². The first-order chi connectivity index (χ1) is 13.3. The number of carbonyl (C=O) groups is 1. The van der Waals surface area contributed by atoms with Gasteiger partial charge in [0.1, 0.15) is 11.2 Å².